The minimum absolute atomic E-state index is 0.103. The second-order valence-corrected chi connectivity index (χ2v) is 3.56. The molecular formula is C12H12N4O. The van der Waals surface area contributed by atoms with E-state index in [0.717, 1.165) is 11.3 Å². The van der Waals surface area contributed by atoms with Gasteiger partial charge >= 0.3 is 0 Å². The van der Waals surface area contributed by atoms with E-state index in [1.165, 1.54) is 11.8 Å². The summed E-state index contributed by atoms with van der Waals surface area (Å²) in [6, 6.07) is 5.53. The fourth-order valence-electron chi connectivity index (χ4n) is 1.33. The van der Waals surface area contributed by atoms with Gasteiger partial charge in [0.05, 0.1) is 5.69 Å². The van der Waals surface area contributed by atoms with Gasteiger partial charge in [-0.3, -0.25) is 14.7 Å². The number of aromatic nitrogens is 3. The summed E-state index contributed by atoms with van der Waals surface area (Å²) < 4.78 is 0. The maximum Gasteiger partial charge on any atom is 0.232 e. The molecule has 0 aliphatic heterocycles. The zero-order valence-electron chi connectivity index (χ0n) is 9.66. The van der Waals surface area contributed by atoms with Gasteiger partial charge < -0.3 is 0 Å². The Morgan fingerprint density at radius 3 is 2.76 bits per heavy atom. The average Bonchev–Trinajstić information content (AvgIpc) is 2.39. The van der Waals surface area contributed by atoms with Gasteiger partial charge in [0.15, 0.2) is 0 Å². The van der Waals surface area contributed by atoms with Crippen LogP contribution in [0.1, 0.15) is 6.92 Å². The molecule has 0 atom stereocenters. The lowest BCUT2D eigenvalue weighted by molar-refractivity contribution is -0.116. The maximum atomic E-state index is 11.2. The first-order valence-corrected chi connectivity index (χ1v) is 5.16. The molecule has 0 aromatic carbocycles. The summed E-state index contributed by atoms with van der Waals surface area (Å²) in [6.45, 7) is 1.47. The van der Waals surface area contributed by atoms with Crippen LogP contribution in [0.2, 0.25) is 0 Å². The molecule has 2 aromatic rings. The highest BCUT2D eigenvalue weighted by Gasteiger charge is 2.09. The van der Waals surface area contributed by atoms with Crippen molar-refractivity contribution in [2.45, 2.75) is 6.92 Å². The summed E-state index contributed by atoms with van der Waals surface area (Å²) >= 11 is 0. The van der Waals surface area contributed by atoms with Gasteiger partial charge in [-0.15, -0.1) is 0 Å². The Morgan fingerprint density at radius 2 is 2.12 bits per heavy atom. The second kappa shape index (κ2) is 4.69. The number of amides is 1. The third-order valence-corrected chi connectivity index (χ3v) is 2.37. The van der Waals surface area contributed by atoms with E-state index in [9.17, 15) is 4.79 Å². The van der Waals surface area contributed by atoms with E-state index < -0.39 is 0 Å². The van der Waals surface area contributed by atoms with Crippen molar-refractivity contribution in [3.63, 3.8) is 0 Å². The molecule has 0 bridgehead atoms. The Labute approximate surface area is 99.2 Å². The van der Waals surface area contributed by atoms with Gasteiger partial charge in [0, 0.05) is 38.1 Å². The lowest BCUT2D eigenvalue weighted by atomic mass is 10.2. The van der Waals surface area contributed by atoms with Gasteiger partial charge in [0.2, 0.25) is 11.9 Å². The number of carbonyl (C=O) groups excluding carboxylic acids is 1. The lowest BCUT2D eigenvalue weighted by Crippen LogP contribution is -2.25. The number of anilines is 1. The average molecular weight is 228 g/mol. The van der Waals surface area contributed by atoms with Gasteiger partial charge in [0.25, 0.3) is 0 Å². The summed E-state index contributed by atoms with van der Waals surface area (Å²) in [4.78, 5) is 25.0. The quantitative estimate of drug-likeness (QED) is 0.782. The van der Waals surface area contributed by atoms with E-state index in [4.69, 9.17) is 0 Å². The molecule has 17 heavy (non-hydrogen) atoms. The van der Waals surface area contributed by atoms with Crippen molar-refractivity contribution < 1.29 is 4.79 Å². The molecule has 0 unspecified atom stereocenters. The fourth-order valence-corrected chi connectivity index (χ4v) is 1.33. The van der Waals surface area contributed by atoms with Crippen LogP contribution in [0.3, 0.4) is 0 Å². The molecule has 86 valence electrons. The van der Waals surface area contributed by atoms with Crippen molar-refractivity contribution in [3.05, 3.63) is 36.8 Å². The fraction of sp³-hybridized carbons (Fsp3) is 0.167. The molecule has 0 saturated heterocycles. The number of nitrogens with zero attached hydrogens (tertiary/aromatic N) is 4. The molecule has 2 rings (SSSR count). The second-order valence-electron chi connectivity index (χ2n) is 3.56. The van der Waals surface area contributed by atoms with Crippen molar-refractivity contribution in [2.24, 2.45) is 0 Å². The molecule has 5 heteroatoms. The Balaban J connectivity index is 2.39. The number of carbonyl (C=O) groups is 1. The van der Waals surface area contributed by atoms with Crippen LogP contribution in [0.25, 0.3) is 11.3 Å². The minimum Gasteiger partial charge on any atom is -0.284 e. The van der Waals surface area contributed by atoms with Gasteiger partial charge in [-0.25, -0.2) is 9.97 Å². The Hall–Kier alpha value is -2.30. The molecule has 0 aliphatic rings. The van der Waals surface area contributed by atoms with Gasteiger partial charge in [-0.1, -0.05) is 0 Å². The van der Waals surface area contributed by atoms with Gasteiger partial charge in [0.1, 0.15) is 0 Å². The SMILES string of the molecule is CC(=O)N(C)c1nccc(-c2cccnc2)n1. The summed E-state index contributed by atoms with van der Waals surface area (Å²) in [5.41, 5.74) is 1.64. The normalized spacial score (nSPS) is 10.0. The minimum atomic E-state index is -0.103. The van der Waals surface area contributed by atoms with E-state index in [1.807, 2.05) is 12.1 Å². The zero-order valence-corrected chi connectivity index (χ0v) is 9.66. The van der Waals surface area contributed by atoms with E-state index in [0.29, 0.717) is 5.95 Å². The van der Waals surface area contributed by atoms with Crippen LogP contribution < -0.4 is 4.90 Å². The van der Waals surface area contributed by atoms with E-state index >= 15 is 0 Å². The smallest absolute Gasteiger partial charge is 0.232 e. The highest BCUT2D eigenvalue weighted by atomic mass is 16.2. The highest BCUT2D eigenvalue weighted by Crippen LogP contribution is 2.16. The Morgan fingerprint density at radius 1 is 1.29 bits per heavy atom. The summed E-state index contributed by atoms with van der Waals surface area (Å²) in [6.07, 6.45) is 5.05. The molecule has 5 nitrogen and oxygen atoms in total. The van der Waals surface area contributed by atoms with Gasteiger partial charge in [-0.2, -0.15) is 0 Å². The van der Waals surface area contributed by atoms with E-state index in [2.05, 4.69) is 15.0 Å². The maximum absolute atomic E-state index is 11.2. The monoisotopic (exact) mass is 228 g/mol. The van der Waals surface area contributed by atoms with Crippen LogP contribution in [0, 0.1) is 0 Å². The predicted molar refractivity (Wildman–Crippen MR) is 64.3 cm³/mol. The van der Waals surface area contributed by atoms with Gasteiger partial charge in [-0.05, 0) is 18.2 Å². The Bertz CT molecular complexity index is 527. The third-order valence-electron chi connectivity index (χ3n) is 2.37. The molecule has 0 fully saturated rings. The molecule has 0 radical (unpaired) electrons. The number of hydrogen-bond donors (Lipinski definition) is 0. The van der Waals surface area contributed by atoms with Crippen LogP contribution in [0.15, 0.2) is 36.8 Å². The first kappa shape index (κ1) is 11.2. The number of hydrogen-bond acceptors (Lipinski definition) is 4. The first-order valence-electron chi connectivity index (χ1n) is 5.16. The molecule has 0 N–H and O–H groups in total. The summed E-state index contributed by atoms with van der Waals surface area (Å²) in [5.74, 6) is 0.284. The van der Waals surface area contributed by atoms with Crippen molar-refractivity contribution in [1.82, 2.24) is 15.0 Å². The zero-order chi connectivity index (χ0) is 12.3. The van der Waals surface area contributed by atoms with E-state index in [1.54, 1.807) is 31.7 Å². The third kappa shape index (κ3) is 2.44. The molecular weight excluding hydrogens is 216 g/mol. The van der Waals surface area contributed by atoms with Crippen LogP contribution >= 0.6 is 0 Å². The summed E-state index contributed by atoms with van der Waals surface area (Å²) in [5, 5.41) is 0. The number of pyridine rings is 1. The molecule has 2 heterocycles. The molecule has 2 aromatic heterocycles. The van der Waals surface area contributed by atoms with Crippen molar-refractivity contribution in [1.29, 1.82) is 0 Å². The standard InChI is InChI=1S/C12H12N4O/c1-9(17)16(2)12-14-7-5-11(15-12)10-4-3-6-13-8-10/h3-8H,1-2H3. The lowest BCUT2D eigenvalue weighted by Gasteiger charge is -2.12. The van der Waals surface area contributed by atoms with Crippen molar-refractivity contribution >= 4 is 11.9 Å². The summed E-state index contributed by atoms with van der Waals surface area (Å²) in [7, 11) is 1.64. The van der Waals surface area contributed by atoms with Crippen LogP contribution in [0.5, 0.6) is 0 Å². The highest BCUT2D eigenvalue weighted by molar-refractivity contribution is 5.89. The van der Waals surface area contributed by atoms with Crippen molar-refractivity contribution in [3.8, 4) is 11.3 Å². The largest absolute Gasteiger partial charge is 0.284 e. The molecule has 0 spiro atoms. The van der Waals surface area contributed by atoms with Crippen LogP contribution in [-0.2, 0) is 4.79 Å². The van der Waals surface area contributed by atoms with Crippen molar-refractivity contribution in [2.75, 3.05) is 11.9 Å². The first-order chi connectivity index (χ1) is 8.18. The molecule has 1 amide bonds. The van der Waals surface area contributed by atoms with E-state index in [-0.39, 0.29) is 5.91 Å². The van der Waals surface area contributed by atoms with Crippen LogP contribution in [0.4, 0.5) is 5.95 Å². The topological polar surface area (TPSA) is 59.0 Å². The molecule has 0 saturated carbocycles. The Kier molecular flexibility index (Phi) is 3.09. The predicted octanol–water partition coefficient (Wildman–Crippen LogP) is 1.52. The molecule has 0 aliphatic carbocycles. The number of rotatable bonds is 2. The van der Waals surface area contributed by atoms with Crippen LogP contribution in [-0.4, -0.2) is 27.9 Å².